The molecule has 0 fully saturated rings. The summed E-state index contributed by atoms with van der Waals surface area (Å²) in [5, 5.41) is 13.2. The quantitative estimate of drug-likeness (QED) is 0.806. The molecule has 1 rings (SSSR count). The molecule has 0 aliphatic carbocycles. The maximum Gasteiger partial charge on any atom is 0.151 e. The van der Waals surface area contributed by atoms with Crippen LogP contribution in [0.15, 0.2) is 24.3 Å². The van der Waals surface area contributed by atoms with Crippen LogP contribution in [-0.2, 0) is 9.84 Å². The molecule has 0 saturated heterocycles. The molecule has 4 nitrogen and oxygen atoms in total. The molecule has 2 N–H and O–H groups in total. The minimum absolute atomic E-state index is 0.0631. The zero-order chi connectivity index (χ0) is 14.5. The predicted octanol–water partition coefficient (Wildman–Crippen LogP) is 1.79. The van der Waals surface area contributed by atoms with Gasteiger partial charge in [0.1, 0.15) is 0 Å². The van der Waals surface area contributed by atoms with Crippen molar-refractivity contribution in [2.45, 2.75) is 25.9 Å². The van der Waals surface area contributed by atoms with Crippen molar-refractivity contribution in [1.82, 2.24) is 5.32 Å². The molecule has 0 heterocycles. The highest BCUT2D eigenvalue weighted by Crippen LogP contribution is 2.17. The fourth-order valence-electron chi connectivity index (χ4n) is 1.84. The number of hydrogen-bond donors (Lipinski definition) is 2. The van der Waals surface area contributed by atoms with Crippen LogP contribution in [0.3, 0.4) is 0 Å². The molecular formula is C13H20ClNO3S. The fraction of sp³-hybridized carbons (Fsp3) is 0.538. The number of aliphatic hydroxyl groups is 1. The molecule has 19 heavy (non-hydrogen) atoms. The number of nitrogens with one attached hydrogen (secondary N) is 1. The van der Waals surface area contributed by atoms with Crippen LogP contribution in [0.2, 0.25) is 5.02 Å². The van der Waals surface area contributed by atoms with E-state index in [0.29, 0.717) is 5.02 Å². The van der Waals surface area contributed by atoms with Gasteiger partial charge in [-0.25, -0.2) is 8.42 Å². The zero-order valence-electron chi connectivity index (χ0n) is 11.1. The molecule has 0 aliphatic heterocycles. The highest BCUT2D eigenvalue weighted by atomic mass is 35.5. The monoisotopic (exact) mass is 305 g/mol. The molecule has 0 spiro atoms. The predicted molar refractivity (Wildman–Crippen MR) is 78.2 cm³/mol. The fourth-order valence-corrected chi connectivity index (χ4v) is 3.06. The Hall–Kier alpha value is -0.620. The third-order valence-corrected chi connectivity index (χ3v) is 5.02. The van der Waals surface area contributed by atoms with E-state index in [-0.39, 0.29) is 30.2 Å². The Labute approximate surface area is 119 Å². The van der Waals surface area contributed by atoms with Crippen LogP contribution < -0.4 is 5.32 Å². The first-order chi connectivity index (χ1) is 8.88. The van der Waals surface area contributed by atoms with E-state index in [1.807, 2.05) is 12.1 Å². The lowest BCUT2D eigenvalue weighted by atomic mass is 10.1. The second-order valence-electron chi connectivity index (χ2n) is 4.55. The van der Waals surface area contributed by atoms with Crippen molar-refractivity contribution in [2.24, 2.45) is 0 Å². The van der Waals surface area contributed by atoms with E-state index < -0.39 is 9.84 Å². The van der Waals surface area contributed by atoms with Crippen molar-refractivity contribution in [1.29, 1.82) is 0 Å². The van der Waals surface area contributed by atoms with Crippen molar-refractivity contribution < 1.29 is 13.5 Å². The van der Waals surface area contributed by atoms with Gasteiger partial charge < -0.3 is 10.4 Å². The van der Waals surface area contributed by atoms with Gasteiger partial charge in [0.25, 0.3) is 0 Å². The van der Waals surface area contributed by atoms with Crippen LogP contribution in [0.1, 0.15) is 25.5 Å². The molecule has 1 aromatic rings. The van der Waals surface area contributed by atoms with Gasteiger partial charge in [-0.3, -0.25) is 0 Å². The summed E-state index contributed by atoms with van der Waals surface area (Å²) in [5.41, 5.74) is 0.882. The summed E-state index contributed by atoms with van der Waals surface area (Å²) in [4.78, 5) is 0. The first kappa shape index (κ1) is 16.4. The second-order valence-corrected chi connectivity index (χ2v) is 7.39. The molecule has 0 aromatic heterocycles. The summed E-state index contributed by atoms with van der Waals surface area (Å²) in [5.74, 6) is 0.192. The minimum Gasteiger partial charge on any atom is -0.394 e. The van der Waals surface area contributed by atoms with Gasteiger partial charge in [-0.15, -0.1) is 0 Å². The van der Waals surface area contributed by atoms with Crippen LogP contribution in [0.4, 0.5) is 0 Å². The van der Waals surface area contributed by atoms with Crippen molar-refractivity contribution in [2.75, 3.05) is 18.1 Å². The molecule has 6 heteroatoms. The lowest BCUT2D eigenvalue weighted by Crippen LogP contribution is -2.37. The van der Waals surface area contributed by atoms with Crippen molar-refractivity contribution in [3.8, 4) is 0 Å². The lowest BCUT2D eigenvalue weighted by Gasteiger charge is -2.22. The van der Waals surface area contributed by atoms with Gasteiger partial charge in [-0.2, -0.15) is 0 Å². The summed E-state index contributed by atoms with van der Waals surface area (Å²) < 4.78 is 23.1. The number of aliphatic hydroxyl groups excluding tert-OH is 1. The van der Waals surface area contributed by atoms with Crippen LogP contribution in [0.5, 0.6) is 0 Å². The molecule has 0 radical (unpaired) electrons. The van der Waals surface area contributed by atoms with Gasteiger partial charge in [-0.1, -0.05) is 30.7 Å². The summed E-state index contributed by atoms with van der Waals surface area (Å²) >= 11 is 5.81. The molecule has 2 atom stereocenters. The van der Waals surface area contributed by atoms with Gasteiger partial charge in [0.2, 0.25) is 0 Å². The second kappa shape index (κ2) is 7.24. The third kappa shape index (κ3) is 5.48. The Morgan fingerprint density at radius 2 is 1.89 bits per heavy atom. The number of halogens is 1. The van der Waals surface area contributed by atoms with Crippen molar-refractivity contribution in [3.63, 3.8) is 0 Å². The van der Waals surface area contributed by atoms with Crippen molar-refractivity contribution >= 4 is 21.4 Å². The largest absolute Gasteiger partial charge is 0.394 e. The van der Waals surface area contributed by atoms with Crippen LogP contribution in [0.25, 0.3) is 0 Å². The number of rotatable bonds is 7. The average molecular weight is 306 g/mol. The maximum atomic E-state index is 11.5. The van der Waals surface area contributed by atoms with E-state index in [4.69, 9.17) is 11.6 Å². The standard InChI is InChI=1S/C13H20ClNO3S/c1-3-19(17,18)9-10(2)15-13(8-16)11-4-6-12(14)7-5-11/h4-7,10,13,15-16H,3,8-9H2,1-2H3. The summed E-state index contributed by atoms with van der Waals surface area (Å²) in [6.07, 6.45) is 0. The Bertz CT molecular complexity index is 487. The van der Waals surface area contributed by atoms with Gasteiger partial charge in [0.15, 0.2) is 9.84 Å². The van der Waals surface area contributed by atoms with Gasteiger partial charge in [-0.05, 0) is 24.6 Å². The zero-order valence-corrected chi connectivity index (χ0v) is 12.7. The van der Waals surface area contributed by atoms with E-state index >= 15 is 0 Å². The van der Waals surface area contributed by atoms with Gasteiger partial charge in [0.05, 0.1) is 18.4 Å². The summed E-state index contributed by atoms with van der Waals surface area (Å²) in [7, 11) is -3.03. The highest BCUT2D eigenvalue weighted by Gasteiger charge is 2.18. The number of sulfone groups is 1. The van der Waals surface area contributed by atoms with Crippen LogP contribution >= 0.6 is 11.6 Å². The van der Waals surface area contributed by atoms with Gasteiger partial charge >= 0.3 is 0 Å². The average Bonchev–Trinajstić information content (AvgIpc) is 2.36. The topological polar surface area (TPSA) is 66.4 Å². The Balaban J connectivity index is 2.69. The molecule has 0 aliphatic rings. The molecule has 1 aromatic carbocycles. The number of hydrogen-bond acceptors (Lipinski definition) is 4. The Morgan fingerprint density at radius 3 is 2.37 bits per heavy atom. The van der Waals surface area contributed by atoms with E-state index in [9.17, 15) is 13.5 Å². The van der Waals surface area contributed by atoms with E-state index in [2.05, 4.69) is 5.32 Å². The molecule has 0 bridgehead atoms. The first-order valence-electron chi connectivity index (χ1n) is 6.20. The van der Waals surface area contributed by atoms with Gasteiger partial charge in [0, 0.05) is 16.8 Å². The third-order valence-electron chi connectivity index (χ3n) is 2.88. The molecule has 0 amide bonds. The van der Waals surface area contributed by atoms with Crippen LogP contribution in [-0.4, -0.2) is 37.7 Å². The van der Waals surface area contributed by atoms with E-state index in [1.54, 1.807) is 26.0 Å². The highest BCUT2D eigenvalue weighted by molar-refractivity contribution is 7.91. The summed E-state index contributed by atoms with van der Waals surface area (Å²) in [6, 6.07) is 6.61. The Kier molecular flexibility index (Phi) is 6.26. The molecule has 2 unspecified atom stereocenters. The molecular weight excluding hydrogens is 286 g/mol. The SMILES string of the molecule is CCS(=O)(=O)CC(C)NC(CO)c1ccc(Cl)cc1. The first-order valence-corrected chi connectivity index (χ1v) is 8.40. The summed E-state index contributed by atoms with van der Waals surface area (Å²) in [6.45, 7) is 3.33. The van der Waals surface area contributed by atoms with E-state index in [1.165, 1.54) is 0 Å². The Morgan fingerprint density at radius 1 is 1.32 bits per heavy atom. The molecule has 108 valence electrons. The minimum atomic E-state index is -3.03. The maximum absolute atomic E-state index is 11.5. The smallest absolute Gasteiger partial charge is 0.151 e. The normalized spacial score (nSPS) is 15.2. The van der Waals surface area contributed by atoms with E-state index in [0.717, 1.165) is 5.56 Å². The lowest BCUT2D eigenvalue weighted by molar-refractivity contribution is 0.237. The van der Waals surface area contributed by atoms with Crippen molar-refractivity contribution in [3.05, 3.63) is 34.9 Å². The van der Waals surface area contributed by atoms with Crippen LogP contribution in [0, 0.1) is 0 Å². The number of benzene rings is 1. The molecule has 0 saturated carbocycles.